The third-order valence-corrected chi connectivity index (χ3v) is 3.92. The third kappa shape index (κ3) is 3.03. The van der Waals surface area contributed by atoms with E-state index in [1.807, 2.05) is 0 Å². The van der Waals surface area contributed by atoms with Crippen molar-refractivity contribution in [1.29, 1.82) is 0 Å². The van der Waals surface area contributed by atoms with Crippen LogP contribution in [0.4, 0.5) is 0 Å². The van der Waals surface area contributed by atoms with Crippen molar-refractivity contribution in [3.05, 3.63) is 28.2 Å². The Balaban J connectivity index is 2.04. The first kappa shape index (κ1) is 13.4. The quantitative estimate of drug-likeness (QED) is 0.784. The molecular weight excluding hydrogens is 298 g/mol. The number of rotatable bonds is 2. The Hall–Kier alpha value is -1.07. The fraction of sp³-hybridized carbons (Fsp3) is 0.462. The smallest absolute Gasteiger partial charge is 0.251 e. The van der Waals surface area contributed by atoms with Gasteiger partial charge in [-0.15, -0.1) is 0 Å². The normalized spacial score (nSPS) is 23.7. The minimum Gasteiger partial charge on any atom is -0.507 e. The van der Waals surface area contributed by atoms with Crippen molar-refractivity contribution in [1.82, 2.24) is 5.32 Å². The summed E-state index contributed by atoms with van der Waals surface area (Å²) in [7, 11) is 0. The molecule has 0 radical (unpaired) electrons. The number of hydrogen-bond acceptors (Lipinski definition) is 3. The molecule has 0 heterocycles. The molecular formula is C13H16BrNO3. The Morgan fingerprint density at radius 1 is 1.33 bits per heavy atom. The van der Waals surface area contributed by atoms with E-state index in [2.05, 4.69) is 21.2 Å². The summed E-state index contributed by atoms with van der Waals surface area (Å²) in [4.78, 5) is 12.0. The minimum atomic E-state index is -0.466. The van der Waals surface area contributed by atoms with E-state index in [9.17, 15) is 15.0 Å². The van der Waals surface area contributed by atoms with Gasteiger partial charge in [-0.05, 0) is 47.0 Å². The lowest BCUT2D eigenvalue weighted by Crippen LogP contribution is -2.45. The number of benzene rings is 1. The molecule has 3 N–H and O–H groups in total. The molecule has 0 saturated heterocycles. The van der Waals surface area contributed by atoms with E-state index in [4.69, 9.17) is 0 Å². The predicted octanol–water partition coefficient (Wildman–Crippen LogP) is 2.19. The van der Waals surface area contributed by atoms with Gasteiger partial charge in [0.15, 0.2) is 0 Å². The first-order chi connectivity index (χ1) is 8.58. The Morgan fingerprint density at radius 2 is 2.06 bits per heavy atom. The second-order valence-corrected chi connectivity index (χ2v) is 5.45. The highest BCUT2D eigenvalue weighted by Gasteiger charge is 2.24. The van der Waals surface area contributed by atoms with Gasteiger partial charge in [0.05, 0.1) is 16.6 Å². The minimum absolute atomic E-state index is 0.0341. The molecule has 1 aromatic carbocycles. The standard InChI is InChI=1S/C13H16BrNO3/c14-9-6-5-8(7-12(9)17)13(18)15-10-3-1-2-4-11(10)16/h5-7,10-11,16-17H,1-4H2,(H,15,18). The Bertz CT molecular complexity index is 450. The van der Waals surface area contributed by atoms with E-state index < -0.39 is 6.10 Å². The fourth-order valence-corrected chi connectivity index (χ4v) is 2.43. The lowest BCUT2D eigenvalue weighted by atomic mass is 9.92. The van der Waals surface area contributed by atoms with Crippen LogP contribution < -0.4 is 5.32 Å². The second kappa shape index (κ2) is 5.71. The number of aromatic hydroxyl groups is 1. The lowest BCUT2D eigenvalue weighted by molar-refractivity contribution is 0.0717. The van der Waals surface area contributed by atoms with Crippen LogP contribution in [0.15, 0.2) is 22.7 Å². The number of carbonyl (C=O) groups excluding carboxylic acids is 1. The summed E-state index contributed by atoms with van der Waals surface area (Å²) < 4.78 is 0.553. The summed E-state index contributed by atoms with van der Waals surface area (Å²) in [5, 5.41) is 22.1. The van der Waals surface area contributed by atoms with Crippen LogP contribution in [0.2, 0.25) is 0 Å². The molecule has 18 heavy (non-hydrogen) atoms. The Labute approximate surface area is 114 Å². The van der Waals surface area contributed by atoms with Gasteiger partial charge in [-0.3, -0.25) is 4.79 Å². The predicted molar refractivity (Wildman–Crippen MR) is 71.5 cm³/mol. The van der Waals surface area contributed by atoms with Crippen molar-refractivity contribution < 1.29 is 15.0 Å². The van der Waals surface area contributed by atoms with Crippen molar-refractivity contribution in [2.24, 2.45) is 0 Å². The maximum Gasteiger partial charge on any atom is 0.251 e. The Kier molecular flexibility index (Phi) is 4.24. The van der Waals surface area contributed by atoms with Crippen molar-refractivity contribution in [2.75, 3.05) is 0 Å². The largest absolute Gasteiger partial charge is 0.507 e. The van der Waals surface area contributed by atoms with Crippen LogP contribution in [-0.2, 0) is 0 Å². The van der Waals surface area contributed by atoms with Crippen molar-refractivity contribution in [3.63, 3.8) is 0 Å². The average molecular weight is 314 g/mol. The molecule has 1 amide bonds. The zero-order chi connectivity index (χ0) is 13.1. The number of amides is 1. The van der Waals surface area contributed by atoms with Crippen LogP contribution in [0.1, 0.15) is 36.0 Å². The topological polar surface area (TPSA) is 69.6 Å². The van der Waals surface area contributed by atoms with Crippen LogP contribution in [0.5, 0.6) is 5.75 Å². The maximum atomic E-state index is 12.0. The molecule has 98 valence electrons. The molecule has 4 nitrogen and oxygen atoms in total. The summed E-state index contributed by atoms with van der Waals surface area (Å²) >= 11 is 3.16. The van der Waals surface area contributed by atoms with Gasteiger partial charge in [-0.2, -0.15) is 0 Å². The first-order valence-electron chi connectivity index (χ1n) is 6.05. The van der Waals surface area contributed by atoms with Gasteiger partial charge in [0, 0.05) is 5.56 Å². The van der Waals surface area contributed by atoms with Crippen molar-refractivity contribution in [2.45, 2.75) is 37.8 Å². The molecule has 0 spiro atoms. The van der Waals surface area contributed by atoms with Gasteiger partial charge in [0.2, 0.25) is 0 Å². The van der Waals surface area contributed by atoms with Gasteiger partial charge in [-0.25, -0.2) is 0 Å². The van der Waals surface area contributed by atoms with Crippen LogP contribution in [0.25, 0.3) is 0 Å². The van der Waals surface area contributed by atoms with E-state index in [-0.39, 0.29) is 17.7 Å². The summed E-state index contributed by atoms with van der Waals surface area (Å²) in [5.41, 5.74) is 0.397. The summed E-state index contributed by atoms with van der Waals surface area (Å²) in [6.07, 6.45) is 3.10. The second-order valence-electron chi connectivity index (χ2n) is 4.60. The van der Waals surface area contributed by atoms with Crippen LogP contribution in [0, 0.1) is 0 Å². The first-order valence-corrected chi connectivity index (χ1v) is 6.84. The summed E-state index contributed by atoms with van der Waals surface area (Å²) in [6.45, 7) is 0. The number of aliphatic hydroxyl groups excluding tert-OH is 1. The molecule has 0 bridgehead atoms. The zero-order valence-electron chi connectivity index (χ0n) is 9.90. The highest BCUT2D eigenvalue weighted by molar-refractivity contribution is 9.10. The van der Waals surface area contributed by atoms with Crippen molar-refractivity contribution >= 4 is 21.8 Å². The summed E-state index contributed by atoms with van der Waals surface area (Å²) in [5.74, 6) is -0.226. The van der Waals surface area contributed by atoms with E-state index in [1.54, 1.807) is 12.1 Å². The van der Waals surface area contributed by atoms with Gasteiger partial charge in [0.25, 0.3) is 5.91 Å². The number of hydrogen-bond donors (Lipinski definition) is 3. The molecule has 1 saturated carbocycles. The molecule has 2 unspecified atom stereocenters. The molecule has 2 atom stereocenters. The molecule has 2 rings (SSSR count). The van der Waals surface area contributed by atoms with E-state index in [0.29, 0.717) is 10.0 Å². The van der Waals surface area contributed by atoms with Gasteiger partial charge >= 0.3 is 0 Å². The molecule has 5 heteroatoms. The molecule has 1 fully saturated rings. The third-order valence-electron chi connectivity index (χ3n) is 3.25. The molecule has 0 aromatic heterocycles. The molecule has 1 aliphatic carbocycles. The maximum absolute atomic E-state index is 12.0. The van der Waals surface area contributed by atoms with Gasteiger partial charge in [-0.1, -0.05) is 12.8 Å². The number of phenolic OH excluding ortho intramolecular Hbond substituents is 1. The highest BCUT2D eigenvalue weighted by Crippen LogP contribution is 2.25. The monoisotopic (exact) mass is 313 g/mol. The van der Waals surface area contributed by atoms with Crippen molar-refractivity contribution in [3.8, 4) is 5.75 Å². The van der Waals surface area contributed by atoms with Crippen LogP contribution in [0.3, 0.4) is 0 Å². The number of nitrogens with one attached hydrogen (secondary N) is 1. The molecule has 1 aliphatic rings. The summed E-state index contributed by atoms with van der Waals surface area (Å²) in [6, 6.07) is 4.49. The van der Waals surface area contributed by atoms with E-state index >= 15 is 0 Å². The van der Waals surface area contributed by atoms with Gasteiger partial charge < -0.3 is 15.5 Å². The fourth-order valence-electron chi connectivity index (χ4n) is 2.19. The zero-order valence-corrected chi connectivity index (χ0v) is 11.5. The SMILES string of the molecule is O=C(NC1CCCCC1O)c1ccc(Br)c(O)c1. The number of carbonyl (C=O) groups is 1. The highest BCUT2D eigenvalue weighted by atomic mass is 79.9. The van der Waals surface area contributed by atoms with E-state index in [1.165, 1.54) is 6.07 Å². The van der Waals surface area contributed by atoms with Gasteiger partial charge in [0.1, 0.15) is 5.75 Å². The average Bonchev–Trinajstić information content (AvgIpc) is 2.35. The molecule has 0 aliphatic heterocycles. The van der Waals surface area contributed by atoms with Crippen LogP contribution >= 0.6 is 15.9 Å². The molecule has 1 aromatic rings. The number of phenols is 1. The van der Waals surface area contributed by atoms with Crippen LogP contribution in [-0.4, -0.2) is 28.3 Å². The number of aliphatic hydroxyl groups is 1. The van der Waals surface area contributed by atoms with E-state index in [0.717, 1.165) is 25.7 Å². The number of halogens is 1. The lowest BCUT2D eigenvalue weighted by Gasteiger charge is -2.28. The Morgan fingerprint density at radius 3 is 2.72 bits per heavy atom.